The second-order valence-corrected chi connectivity index (χ2v) is 6.52. The fourth-order valence-corrected chi connectivity index (χ4v) is 3.12. The first-order valence-electron chi connectivity index (χ1n) is 5.95. The number of carboxylic acid groups (broad SMARTS) is 1. The molecule has 1 atom stereocenters. The van der Waals surface area contributed by atoms with Gasteiger partial charge < -0.3 is 14.9 Å². The van der Waals surface area contributed by atoms with Crippen LogP contribution in [0.1, 0.15) is 12.5 Å². The summed E-state index contributed by atoms with van der Waals surface area (Å²) >= 11 is 3.51. The molecule has 2 rings (SSSR count). The van der Waals surface area contributed by atoms with Crippen LogP contribution in [-0.4, -0.2) is 43.6 Å². The molecule has 1 aliphatic heterocycles. The molecular formula is C13H14INO4S. The van der Waals surface area contributed by atoms with E-state index in [1.54, 1.807) is 25.1 Å². The summed E-state index contributed by atoms with van der Waals surface area (Å²) in [5, 5.41) is 19.9. The summed E-state index contributed by atoms with van der Waals surface area (Å²) in [6, 6.07) is 5.16. The lowest BCUT2D eigenvalue weighted by atomic mass is 10.1. The Bertz CT molecular complexity index is 563. The average molecular weight is 407 g/mol. The minimum absolute atomic E-state index is 0.0123. The van der Waals surface area contributed by atoms with E-state index in [4.69, 9.17) is 9.84 Å². The highest BCUT2D eigenvalue weighted by molar-refractivity contribution is 14.1. The van der Waals surface area contributed by atoms with E-state index >= 15 is 0 Å². The lowest BCUT2D eigenvalue weighted by Crippen LogP contribution is -2.33. The molecule has 0 radical (unpaired) electrons. The van der Waals surface area contributed by atoms with Crippen molar-refractivity contribution in [2.45, 2.75) is 12.5 Å². The minimum Gasteiger partial charge on any atom is -0.504 e. The third-order valence-electron chi connectivity index (χ3n) is 2.86. The molecule has 1 aromatic carbocycles. The fraction of sp³-hybridized carbons (Fsp3) is 0.385. The molecule has 2 N–H and O–H groups in total. The molecule has 0 saturated carbocycles. The van der Waals surface area contributed by atoms with Gasteiger partial charge in [-0.1, -0.05) is 28.7 Å². The number of hydrogen-bond acceptors (Lipinski definition) is 5. The number of aromatic hydroxyl groups is 1. The Balaban J connectivity index is 2.33. The summed E-state index contributed by atoms with van der Waals surface area (Å²) in [5.74, 6) is -0.197. The Morgan fingerprint density at radius 1 is 1.60 bits per heavy atom. The predicted molar refractivity (Wildman–Crippen MR) is 87.5 cm³/mol. The summed E-state index contributed by atoms with van der Waals surface area (Å²) < 4.78 is 6.26. The zero-order chi connectivity index (χ0) is 14.8. The molecule has 0 amide bonds. The lowest BCUT2D eigenvalue weighted by Gasteiger charge is -2.12. The van der Waals surface area contributed by atoms with E-state index in [9.17, 15) is 9.90 Å². The van der Waals surface area contributed by atoms with Crippen LogP contribution in [0, 0.1) is 0 Å². The van der Waals surface area contributed by atoms with Gasteiger partial charge in [-0.3, -0.25) is 4.99 Å². The zero-order valence-electron chi connectivity index (χ0n) is 10.8. The summed E-state index contributed by atoms with van der Waals surface area (Å²) in [5.41, 5.74) is -0.614. The van der Waals surface area contributed by atoms with Gasteiger partial charge in [0.25, 0.3) is 0 Å². The van der Waals surface area contributed by atoms with Crippen LogP contribution in [0.4, 0.5) is 0 Å². The van der Waals surface area contributed by atoms with Gasteiger partial charge in [-0.15, -0.1) is 11.8 Å². The number of ether oxygens (including phenoxy) is 1. The smallest absolute Gasteiger partial charge is 0.332 e. The molecule has 0 spiro atoms. The number of halogens is 1. The third kappa shape index (κ3) is 3.03. The molecule has 0 unspecified atom stereocenters. The van der Waals surface area contributed by atoms with Gasteiger partial charge in [0, 0.05) is 10.2 Å². The van der Waals surface area contributed by atoms with Crippen LogP contribution in [0.2, 0.25) is 0 Å². The number of para-hydroxylation sites is 1. The highest BCUT2D eigenvalue weighted by Gasteiger charge is 2.39. The lowest BCUT2D eigenvalue weighted by molar-refractivity contribution is -0.141. The van der Waals surface area contributed by atoms with Crippen molar-refractivity contribution >= 4 is 45.4 Å². The number of rotatable bonds is 5. The molecule has 0 saturated heterocycles. The van der Waals surface area contributed by atoms with Gasteiger partial charge in [0.15, 0.2) is 17.0 Å². The van der Waals surface area contributed by atoms with Gasteiger partial charge in [0.2, 0.25) is 0 Å². The van der Waals surface area contributed by atoms with Crippen molar-refractivity contribution in [3.05, 3.63) is 23.8 Å². The van der Waals surface area contributed by atoms with Crippen LogP contribution in [0.5, 0.6) is 11.5 Å². The highest BCUT2D eigenvalue weighted by atomic mass is 127. The van der Waals surface area contributed by atoms with Crippen molar-refractivity contribution in [1.29, 1.82) is 0 Å². The Hall–Kier alpha value is -0.960. The maximum Gasteiger partial charge on any atom is 0.332 e. The summed E-state index contributed by atoms with van der Waals surface area (Å²) in [6.07, 6.45) is 0. The van der Waals surface area contributed by atoms with Crippen LogP contribution in [0.25, 0.3) is 0 Å². The van der Waals surface area contributed by atoms with Crippen molar-refractivity contribution in [3.8, 4) is 11.5 Å². The fourth-order valence-electron chi connectivity index (χ4n) is 1.71. The molecule has 0 bridgehead atoms. The predicted octanol–water partition coefficient (Wildman–Crippen LogP) is 2.54. The molecule has 0 aromatic heterocycles. The SMILES string of the molecule is C[C@]1(C(=O)O)CSC(c2cccc(OCCI)c2O)=N1. The second kappa shape index (κ2) is 6.21. The molecule has 5 nitrogen and oxygen atoms in total. The van der Waals surface area contributed by atoms with Crippen LogP contribution in [0.3, 0.4) is 0 Å². The van der Waals surface area contributed by atoms with Crippen molar-refractivity contribution in [2.75, 3.05) is 16.8 Å². The Morgan fingerprint density at radius 2 is 2.35 bits per heavy atom. The quantitative estimate of drug-likeness (QED) is 0.580. The van der Waals surface area contributed by atoms with Crippen LogP contribution < -0.4 is 4.74 Å². The van der Waals surface area contributed by atoms with Crippen molar-refractivity contribution in [3.63, 3.8) is 0 Å². The van der Waals surface area contributed by atoms with Crippen molar-refractivity contribution in [2.24, 2.45) is 4.99 Å². The molecule has 0 aliphatic carbocycles. The standard InChI is InChI=1S/C13H14INO4S/c1-13(12(17)18)7-20-11(15-13)8-3-2-4-9(10(8)16)19-6-5-14/h2-4,16H,5-7H2,1H3,(H,17,18)/t13-/m1/s1. The van der Waals surface area contributed by atoms with E-state index in [1.807, 2.05) is 0 Å². The number of phenols is 1. The minimum atomic E-state index is -1.13. The molecular weight excluding hydrogens is 393 g/mol. The normalized spacial score (nSPS) is 21.6. The van der Waals surface area contributed by atoms with Gasteiger partial charge in [-0.25, -0.2) is 4.79 Å². The number of carbonyl (C=O) groups is 1. The van der Waals surface area contributed by atoms with Crippen LogP contribution in [-0.2, 0) is 4.79 Å². The first kappa shape index (κ1) is 15.4. The molecule has 1 aromatic rings. The zero-order valence-corrected chi connectivity index (χ0v) is 13.8. The number of aliphatic imine (C=N–C) groups is 1. The number of hydrogen-bond donors (Lipinski definition) is 2. The monoisotopic (exact) mass is 407 g/mol. The maximum atomic E-state index is 11.2. The number of phenolic OH excluding ortho intramolecular Hbond substituents is 1. The number of aliphatic carboxylic acids is 1. The van der Waals surface area contributed by atoms with Gasteiger partial charge in [0.1, 0.15) is 5.04 Å². The largest absolute Gasteiger partial charge is 0.504 e. The van der Waals surface area contributed by atoms with Crippen LogP contribution in [0.15, 0.2) is 23.2 Å². The topological polar surface area (TPSA) is 79.1 Å². The van der Waals surface area contributed by atoms with Crippen molar-refractivity contribution in [1.82, 2.24) is 0 Å². The summed E-state index contributed by atoms with van der Waals surface area (Å²) in [6.45, 7) is 2.08. The van der Waals surface area contributed by atoms with E-state index in [0.29, 0.717) is 28.7 Å². The Morgan fingerprint density at radius 3 is 2.95 bits per heavy atom. The first-order chi connectivity index (χ1) is 9.48. The third-order valence-corrected chi connectivity index (χ3v) is 4.59. The van der Waals surface area contributed by atoms with Gasteiger partial charge in [-0.05, 0) is 19.1 Å². The average Bonchev–Trinajstić information content (AvgIpc) is 2.81. The van der Waals surface area contributed by atoms with Gasteiger partial charge in [-0.2, -0.15) is 0 Å². The van der Waals surface area contributed by atoms with Gasteiger partial charge >= 0.3 is 5.97 Å². The van der Waals surface area contributed by atoms with Gasteiger partial charge in [0.05, 0.1) is 12.2 Å². The van der Waals surface area contributed by atoms with E-state index in [1.165, 1.54) is 11.8 Å². The Labute approximate surface area is 134 Å². The van der Waals surface area contributed by atoms with Crippen molar-refractivity contribution < 1.29 is 19.7 Å². The highest BCUT2D eigenvalue weighted by Crippen LogP contribution is 2.37. The number of thioether (sulfide) groups is 1. The molecule has 0 fully saturated rings. The molecule has 1 heterocycles. The summed E-state index contributed by atoms with van der Waals surface area (Å²) in [7, 11) is 0. The number of alkyl halides is 1. The number of benzene rings is 1. The molecule has 1 aliphatic rings. The number of carboxylic acids is 1. The van der Waals surface area contributed by atoms with E-state index < -0.39 is 11.5 Å². The Kier molecular flexibility index (Phi) is 4.79. The molecule has 7 heteroatoms. The van der Waals surface area contributed by atoms with E-state index in [0.717, 1.165) is 4.43 Å². The number of nitrogens with zero attached hydrogens (tertiary/aromatic N) is 1. The molecule has 20 heavy (non-hydrogen) atoms. The summed E-state index contributed by atoms with van der Waals surface area (Å²) in [4.78, 5) is 15.4. The van der Waals surface area contributed by atoms with E-state index in [2.05, 4.69) is 27.6 Å². The van der Waals surface area contributed by atoms with E-state index in [-0.39, 0.29) is 5.75 Å². The first-order valence-corrected chi connectivity index (χ1v) is 8.46. The second-order valence-electron chi connectivity index (χ2n) is 4.47. The van der Waals surface area contributed by atoms with Crippen LogP contribution >= 0.6 is 34.4 Å². The molecule has 108 valence electrons. The maximum absolute atomic E-state index is 11.2.